The van der Waals surface area contributed by atoms with Gasteiger partial charge in [-0.1, -0.05) is 30.0 Å². The molecule has 2 N–H and O–H groups in total. The van der Waals surface area contributed by atoms with E-state index in [0.717, 1.165) is 24.9 Å². The van der Waals surface area contributed by atoms with Gasteiger partial charge in [-0.05, 0) is 13.1 Å². The minimum absolute atomic E-state index is 0.0483. The Hall–Kier alpha value is -2.72. The maximum Gasteiger partial charge on any atom is 0.305 e. The highest BCUT2D eigenvalue weighted by Crippen LogP contribution is 2.22. The van der Waals surface area contributed by atoms with Crippen LogP contribution in [0, 0.1) is 0 Å². The summed E-state index contributed by atoms with van der Waals surface area (Å²) < 4.78 is 0. The van der Waals surface area contributed by atoms with Crippen LogP contribution in [-0.4, -0.2) is 82.5 Å². The molecule has 1 atom stereocenters. The van der Waals surface area contributed by atoms with Crippen molar-refractivity contribution in [2.45, 2.75) is 11.7 Å². The van der Waals surface area contributed by atoms with Gasteiger partial charge in [-0.25, -0.2) is 0 Å². The maximum absolute atomic E-state index is 12.8. The van der Waals surface area contributed by atoms with Crippen molar-refractivity contribution < 1.29 is 19.5 Å². The molecule has 1 aromatic rings. The van der Waals surface area contributed by atoms with Gasteiger partial charge in [-0.2, -0.15) is 5.10 Å². The predicted octanol–water partition coefficient (Wildman–Crippen LogP) is 0.470. The SMILES string of the molecule is CN1CCN(C(=O)c2ccccc2C=NN=C2NC(=O)C(CC(=O)O)S2)CC1. The molecule has 2 amide bonds. The van der Waals surface area contributed by atoms with E-state index in [1.807, 2.05) is 18.0 Å². The number of hydrogen-bond acceptors (Lipinski definition) is 7. The van der Waals surface area contributed by atoms with E-state index in [0.29, 0.717) is 24.2 Å². The lowest BCUT2D eigenvalue weighted by Gasteiger charge is -2.32. The largest absolute Gasteiger partial charge is 0.481 e. The van der Waals surface area contributed by atoms with Crippen molar-refractivity contribution >= 4 is 40.9 Å². The number of aliphatic carboxylic acids is 1. The molecule has 10 heteroatoms. The highest BCUT2D eigenvalue weighted by Gasteiger charge is 2.32. The Balaban J connectivity index is 1.69. The first-order valence-corrected chi connectivity index (χ1v) is 9.69. The quantitative estimate of drug-likeness (QED) is 0.546. The van der Waals surface area contributed by atoms with Gasteiger partial charge >= 0.3 is 5.97 Å². The van der Waals surface area contributed by atoms with Gasteiger partial charge in [0.2, 0.25) is 5.91 Å². The van der Waals surface area contributed by atoms with Crippen LogP contribution in [0.15, 0.2) is 34.5 Å². The lowest BCUT2D eigenvalue weighted by molar-refractivity contribution is -0.138. The molecule has 0 bridgehead atoms. The number of benzene rings is 1. The summed E-state index contributed by atoms with van der Waals surface area (Å²) in [6.45, 7) is 3.03. The number of hydrogen-bond donors (Lipinski definition) is 2. The van der Waals surface area contributed by atoms with Crippen LogP contribution >= 0.6 is 11.8 Å². The molecule has 3 rings (SSSR count). The molecule has 1 aromatic carbocycles. The molecule has 0 saturated carbocycles. The van der Waals surface area contributed by atoms with Crippen LogP contribution in [0.25, 0.3) is 0 Å². The van der Waals surface area contributed by atoms with Crippen LogP contribution in [0.4, 0.5) is 0 Å². The second kappa shape index (κ2) is 8.98. The Morgan fingerprint density at radius 2 is 2.00 bits per heavy atom. The molecule has 0 spiro atoms. The number of carbonyl (C=O) groups excluding carboxylic acids is 2. The Morgan fingerprint density at radius 1 is 1.29 bits per heavy atom. The molecular formula is C18H21N5O4S. The van der Waals surface area contributed by atoms with Crippen LogP contribution in [0.1, 0.15) is 22.3 Å². The minimum Gasteiger partial charge on any atom is -0.481 e. The minimum atomic E-state index is -1.05. The summed E-state index contributed by atoms with van der Waals surface area (Å²) in [5.74, 6) is -1.49. The van der Waals surface area contributed by atoms with Gasteiger partial charge in [-0.3, -0.25) is 14.4 Å². The second-order valence-electron chi connectivity index (χ2n) is 6.53. The maximum atomic E-state index is 12.8. The smallest absolute Gasteiger partial charge is 0.305 e. The molecule has 2 saturated heterocycles. The number of amidine groups is 1. The molecule has 28 heavy (non-hydrogen) atoms. The fourth-order valence-corrected chi connectivity index (χ4v) is 3.79. The molecule has 0 radical (unpaired) electrons. The zero-order valence-corrected chi connectivity index (χ0v) is 16.2. The van der Waals surface area contributed by atoms with Crippen molar-refractivity contribution in [3.8, 4) is 0 Å². The third-order valence-corrected chi connectivity index (χ3v) is 5.54. The first-order valence-electron chi connectivity index (χ1n) is 8.81. The third-order valence-electron chi connectivity index (χ3n) is 4.46. The monoisotopic (exact) mass is 403 g/mol. The van der Waals surface area contributed by atoms with Crippen molar-refractivity contribution in [2.75, 3.05) is 33.2 Å². The van der Waals surface area contributed by atoms with E-state index in [1.54, 1.807) is 18.2 Å². The molecule has 2 fully saturated rings. The fourth-order valence-electron chi connectivity index (χ4n) is 2.87. The third kappa shape index (κ3) is 4.96. The van der Waals surface area contributed by atoms with Gasteiger partial charge in [0.25, 0.3) is 5.91 Å². The predicted molar refractivity (Wildman–Crippen MR) is 107 cm³/mol. The topological polar surface area (TPSA) is 115 Å². The number of thioether (sulfide) groups is 1. The standard InChI is InChI=1S/C18H21N5O4S/c1-22-6-8-23(9-7-22)17(27)13-5-3-2-4-12(13)11-19-21-18-20-16(26)14(28-18)10-15(24)25/h2-5,11,14H,6-10H2,1H3,(H,24,25)(H,20,21,26). The van der Waals surface area contributed by atoms with Crippen molar-refractivity contribution in [2.24, 2.45) is 10.2 Å². The number of nitrogens with one attached hydrogen (secondary N) is 1. The lowest BCUT2D eigenvalue weighted by Crippen LogP contribution is -2.47. The summed E-state index contributed by atoms with van der Waals surface area (Å²) in [7, 11) is 2.03. The highest BCUT2D eigenvalue weighted by molar-refractivity contribution is 8.15. The summed E-state index contributed by atoms with van der Waals surface area (Å²) in [5, 5.41) is 18.8. The normalized spacial score (nSPS) is 22.0. The van der Waals surface area contributed by atoms with Gasteiger partial charge in [-0.15, -0.1) is 5.10 Å². The van der Waals surface area contributed by atoms with Crippen LogP contribution in [-0.2, 0) is 9.59 Å². The lowest BCUT2D eigenvalue weighted by atomic mass is 10.1. The average Bonchev–Trinajstić information content (AvgIpc) is 3.01. The second-order valence-corrected chi connectivity index (χ2v) is 7.72. The number of likely N-dealkylation sites (N-methyl/N-ethyl adjacent to an activating group) is 1. The van der Waals surface area contributed by atoms with E-state index < -0.39 is 17.1 Å². The summed E-state index contributed by atoms with van der Waals surface area (Å²) in [5.41, 5.74) is 1.18. The Kier molecular flexibility index (Phi) is 6.42. The first-order chi connectivity index (χ1) is 13.4. The van der Waals surface area contributed by atoms with Gasteiger partial charge in [0.1, 0.15) is 5.25 Å². The van der Waals surface area contributed by atoms with E-state index in [2.05, 4.69) is 20.4 Å². The molecule has 0 aromatic heterocycles. The zero-order chi connectivity index (χ0) is 20.1. The molecule has 2 aliphatic rings. The average molecular weight is 403 g/mol. The fraction of sp³-hybridized carbons (Fsp3) is 0.389. The number of carbonyl (C=O) groups is 3. The first kappa shape index (κ1) is 20.0. The van der Waals surface area contributed by atoms with Crippen LogP contribution in [0.2, 0.25) is 0 Å². The summed E-state index contributed by atoms with van der Waals surface area (Å²) >= 11 is 1.03. The van der Waals surface area contributed by atoms with Crippen molar-refractivity contribution in [3.05, 3.63) is 35.4 Å². The molecule has 0 aliphatic carbocycles. The van der Waals surface area contributed by atoms with E-state index in [-0.39, 0.29) is 17.5 Å². The molecular weight excluding hydrogens is 382 g/mol. The van der Waals surface area contributed by atoms with E-state index in [1.165, 1.54) is 6.21 Å². The van der Waals surface area contributed by atoms with Crippen LogP contribution < -0.4 is 5.32 Å². The highest BCUT2D eigenvalue weighted by atomic mass is 32.2. The van der Waals surface area contributed by atoms with E-state index in [9.17, 15) is 14.4 Å². The molecule has 2 aliphatic heterocycles. The molecule has 9 nitrogen and oxygen atoms in total. The number of rotatable bonds is 5. The molecule has 148 valence electrons. The van der Waals surface area contributed by atoms with E-state index in [4.69, 9.17) is 5.11 Å². The Bertz CT molecular complexity index is 833. The summed E-state index contributed by atoms with van der Waals surface area (Å²) in [6, 6.07) is 7.14. The van der Waals surface area contributed by atoms with Crippen LogP contribution in [0.3, 0.4) is 0 Å². The van der Waals surface area contributed by atoms with Gasteiger partial charge < -0.3 is 20.2 Å². The van der Waals surface area contributed by atoms with Crippen molar-refractivity contribution in [1.29, 1.82) is 0 Å². The van der Waals surface area contributed by atoms with Crippen molar-refractivity contribution in [3.63, 3.8) is 0 Å². The zero-order valence-electron chi connectivity index (χ0n) is 15.4. The van der Waals surface area contributed by atoms with E-state index >= 15 is 0 Å². The Labute approximate surface area is 166 Å². The number of nitrogens with zero attached hydrogens (tertiary/aromatic N) is 4. The summed E-state index contributed by atoms with van der Waals surface area (Å²) in [6.07, 6.45) is 1.19. The number of carboxylic acid groups (broad SMARTS) is 1. The Morgan fingerprint density at radius 3 is 2.71 bits per heavy atom. The van der Waals surface area contributed by atoms with Gasteiger partial charge in [0, 0.05) is 37.3 Å². The van der Waals surface area contributed by atoms with Crippen molar-refractivity contribution in [1.82, 2.24) is 15.1 Å². The number of amides is 2. The summed E-state index contributed by atoms with van der Waals surface area (Å²) in [4.78, 5) is 39.3. The van der Waals surface area contributed by atoms with Crippen LogP contribution in [0.5, 0.6) is 0 Å². The molecule has 2 heterocycles. The molecule has 1 unspecified atom stereocenters. The number of carboxylic acids is 1. The number of piperazine rings is 1. The van der Waals surface area contributed by atoms with Gasteiger partial charge in [0.15, 0.2) is 5.17 Å². The van der Waals surface area contributed by atoms with Gasteiger partial charge in [0.05, 0.1) is 12.6 Å².